The zero-order chi connectivity index (χ0) is 22.0. The summed E-state index contributed by atoms with van der Waals surface area (Å²) in [5.74, 6) is -0.229. The number of benzene rings is 1. The van der Waals surface area contributed by atoms with Crippen LogP contribution in [-0.4, -0.2) is 39.4 Å². The van der Waals surface area contributed by atoms with Crippen molar-refractivity contribution in [2.45, 2.75) is 45.8 Å². The van der Waals surface area contributed by atoms with Gasteiger partial charge in [0, 0.05) is 10.8 Å². The summed E-state index contributed by atoms with van der Waals surface area (Å²) in [5.41, 5.74) is -0.920. The topological polar surface area (TPSA) is 96.5 Å². The van der Waals surface area contributed by atoms with Crippen LogP contribution in [0.5, 0.6) is 0 Å². The standard InChI is InChI=1S/C22H22N2O5S/c1-21(2,3)29-20(28)24-10-14(17(26)22(24,4)5)19-23-18(27)15(30-19)9-11-6-7-12-13(8-11)16(12)25/h6-9H,10H2,1-5H3,(H,23,27)/b15-9-,19-14-. The molecule has 1 aromatic heterocycles. The van der Waals surface area contributed by atoms with Crippen LogP contribution < -0.4 is 20.2 Å². The van der Waals surface area contributed by atoms with E-state index in [0.29, 0.717) is 25.5 Å². The quantitative estimate of drug-likeness (QED) is 0.635. The van der Waals surface area contributed by atoms with E-state index in [2.05, 4.69) is 4.98 Å². The summed E-state index contributed by atoms with van der Waals surface area (Å²) in [6, 6.07) is 5.27. The number of rotatable bonds is 1. The van der Waals surface area contributed by atoms with E-state index in [1.54, 1.807) is 58.9 Å². The number of nitrogens with zero attached hydrogens (tertiary/aromatic N) is 1. The lowest BCUT2D eigenvalue weighted by atomic mass is 9.99. The first kappa shape index (κ1) is 20.3. The normalized spacial score (nSPS) is 19.3. The summed E-state index contributed by atoms with van der Waals surface area (Å²) in [6.07, 6.45) is 1.12. The minimum absolute atomic E-state index is 0.0343. The van der Waals surface area contributed by atoms with Gasteiger partial charge in [0.25, 0.3) is 5.56 Å². The molecular weight excluding hydrogens is 404 g/mol. The molecule has 2 aromatic carbocycles. The third-order valence-electron chi connectivity index (χ3n) is 5.14. The molecule has 7 nitrogen and oxygen atoms in total. The second-order valence-electron chi connectivity index (χ2n) is 8.96. The van der Waals surface area contributed by atoms with Gasteiger partial charge >= 0.3 is 6.09 Å². The Morgan fingerprint density at radius 1 is 1.20 bits per heavy atom. The first-order valence-corrected chi connectivity index (χ1v) is 10.4. The van der Waals surface area contributed by atoms with Crippen LogP contribution in [0, 0.1) is 0 Å². The van der Waals surface area contributed by atoms with Gasteiger partial charge < -0.3 is 9.72 Å². The number of aromatic nitrogens is 1. The highest BCUT2D eigenvalue weighted by Crippen LogP contribution is 2.30. The van der Waals surface area contributed by atoms with Crippen LogP contribution in [0.25, 0.3) is 22.4 Å². The van der Waals surface area contributed by atoms with Gasteiger partial charge in [0.15, 0.2) is 11.2 Å². The highest BCUT2D eigenvalue weighted by Gasteiger charge is 2.48. The van der Waals surface area contributed by atoms with E-state index < -0.39 is 17.2 Å². The van der Waals surface area contributed by atoms with Crippen LogP contribution >= 0.6 is 11.3 Å². The van der Waals surface area contributed by atoms with Crippen LogP contribution in [0.1, 0.15) is 40.2 Å². The number of aromatic amines is 1. The minimum Gasteiger partial charge on any atom is -0.444 e. The Kier molecular flexibility index (Phi) is 4.39. The average molecular weight is 426 g/mol. The molecule has 3 aromatic rings. The average Bonchev–Trinajstić information content (AvgIpc) is 3.00. The van der Waals surface area contributed by atoms with Crippen molar-refractivity contribution < 1.29 is 14.3 Å². The molecule has 0 atom stereocenters. The van der Waals surface area contributed by atoms with Crippen LogP contribution in [0.4, 0.5) is 4.79 Å². The number of carbonyl (C=O) groups is 2. The summed E-state index contributed by atoms with van der Waals surface area (Å²) in [7, 11) is 0. The van der Waals surface area contributed by atoms with E-state index in [1.807, 2.05) is 0 Å². The number of Topliss-reactive ketones (excluding diaryl/α,β-unsaturated/α-hetero) is 1. The molecule has 0 saturated carbocycles. The second-order valence-corrected chi connectivity index (χ2v) is 10.0. The summed E-state index contributed by atoms with van der Waals surface area (Å²) in [5, 5.41) is 1.39. The lowest BCUT2D eigenvalue weighted by Gasteiger charge is -2.31. The number of nitrogens with one attached hydrogen (secondary N) is 1. The van der Waals surface area contributed by atoms with E-state index in [1.165, 1.54) is 4.90 Å². The number of H-pyrrole nitrogens is 1. The summed E-state index contributed by atoms with van der Waals surface area (Å²) in [4.78, 5) is 53.7. The van der Waals surface area contributed by atoms with E-state index in [9.17, 15) is 19.2 Å². The molecule has 30 heavy (non-hydrogen) atoms. The minimum atomic E-state index is -1.08. The smallest absolute Gasteiger partial charge is 0.411 e. The van der Waals surface area contributed by atoms with E-state index >= 15 is 0 Å². The maximum Gasteiger partial charge on any atom is 0.411 e. The molecule has 156 valence electrons. The number of hydrogen-bond acceptors (Lipinski definition) is 6. The zero-order valence-electron chi connectivity index (χ0n) is 17.4. The van der Waals surface area contributed by atoms with Crippen LogP contribution in [0.2, 0.25) is 0 Å². The van der Waals surface area contributed by atoms with Crippen molar-refractivity contribution in [3.63, 3.8) is 0 Å². The lowest BCUT2D eigenvalue weighted by molar-refractivity contribution is -0.120. The van der Waals surface area contributed by atoms with Gasteiger partial charge in [-0.15, -0.1) is 11.3 Å². The summed E-state index contributed by atoms with van der Waals surface area (Å²) >= 11 is 1.16. The fraction of sp³-hybridized carbons (Fsp3) is 0.364. The predicted octanol–water partition coefficient (Wildman–Crippen LogP) is 1.40. The van der Waals surface area contributed by atoms with E-state index in [0.717, 1.165) is 16.9 Å². The molecule has 0 radical (unpaired) electrons. The molecule has 0 bridgehead atoms. The summed E-state index contributed by atoms with van der Waals surface area (Å²) in [6.45, 7) is 8.69. The summed E-state index contributed by atoms with van der Waals surface area (Å²) < 4.78 is 6.29. The Hall–Kier alpha value is -3.00. The molecule has 1 aliphatic heterocycles. The zero-order valence-corrected chi connectivity index (χ0v) is 18.2. The van der Waals surface area contributed by atoms with Gasteiger partial charge in [-0.2, -0.15) is 0 Å². The van der Waals surface area contributed by atoms with Crippen LogP contribution in [0.3, 0.4) is 0 Å². The molecule has 1 aliphatic rings. The Bertz CT molecular complexity index is 1390. The van der Waals surface area contributed by atoms with Crippen molar-refractivity contribution in [3.05, 3.63) is 53.5 Å². The van der Waals surface area contributed by atoms with E-state index in [4.69, 9.17) is 4.74 Å². The number of amides is 1. The number of likely N-dealkylation sites (tertiary alicyclic amines) is 1. The van der Waals surface area contributed by atoms with Crippen molar-refractivity contribution in [1.29, 1.82) is 0 Å². The lowest BCUT2D eigenvalue weighted by Crippen LogP contribution is -2.48. The third-order valence-corrected chi connectivity index (χ3v) is 6.22. The molecular formula is C22H22N2O5S. The van der Waals surface area contributed by atoms with Crippen molar-refractivity contribution >= 4 is 45.6 Å². The molecule has 2 heterocycles. The van der Waals surface area contributed by atoms with Crippen molar-refractivity contribution in [2.75, 3.05) is 6.54 Å². The molecule has 1 amide bonds. The Morgan fingerprint density at radius 2 is 1.90 bits per heavy atom. The third kappa shape index (κ3) is 3.41. The van der Waals surface area contributed by atoms with Gasteiger partial charge in [0.05, 0.1) is 16.7 Å². The Labute approximate surface area is 176 Å². The fourth-order valence-corrected chi connectivity index (χ4v) is 4.41. The molecule has 8 heteroatoms. The Balaban J connectivity index is 1.75. The highest BCUT2D eigenvalue weighted by molar-refractivity contribution is 7.07. The predicted molar refractivity (Wildman–Crippen MR) is 116 cm³/mol. The number of carbonyl (C=O) groups excluding carboxylic acids is 2. The molecule has 0 aliphatic carbocycles. The largest absolute Gasteiger partial charge is 0.444 e. The van der Waals surface area contributed by atoms with Gasteiger partial charge in [-0.25, -0.2) is 4.79 Å². The van der Waals surface area contributed by atoms with Crippen molar-refractivity contribution in [3.8, 4) is 0 Å². The second kappa shape index (κ2) is 6.50. The molecule has 0 spiro atoms. The van der Waals surface area contributed by atoms with Crippen LogP contribution in [-0.2, 0) is 9.53 Å². The van der Waals surface area contributed by atoms with Gasteiger partial charge in [-0.05, 0) is 58.4 Å². The maximum absolute atomic E-state index is 13.0. The molecule has 4 rings (SSSR count). The van der Waals surface area contributed by atoms with Gasteiger partial charge in [0.1, 0.15) is 15.8 Å². The van der Waals surface area contributed by atoms with Crippen LogP contribution in [0.15, 0.2) is 27.8 Å². The molecule has 0 unspecified atom stereocenters. The van der Waals surface area contributed by atoms with Crippen molar-refractivity contribution in [2.24, 2.45) is 0 Å². The van der Waals surface area contributed by atoms with Crippen molar-refractivity contribution in [1.82, 2.24) is 9.88 Å². The maximum atomic E-state index is 13.0. The Morgan fingerprint density at radius 3 is 2.53 bits per heavy atom. The van der Waals surface area contributed by atoms with E-state index in [-0.39, 0.29) is 23.3 Å². The number of thiazole rings is 1. The number of ketones is 1. The first-order valence-electron chi connectivity index (χ1n) is 9.57. The van der Waals surface area contributed by atoms with Gasteiger partial charge in [-0.1, -0.05) is 6.07 Å². The molecule has 1 fully saturated rings. The number of ether oxygens (including phenoxy) is 1. The SMILES string of the molecule is CC(C)(C)OC(=O)N1C/C(=c2\[nH]c(=O)/c(=C/c3ccc4c(=O)c4c3)s2)C(=O)C1(C)C. The number of hydrogen-bond donors (Lipinski definition) is 1. The first-order chi connectivity index (χ1) is 13.9. The highest BCUT2D eigenvalue weighted by atomic mass is 32.1. The monoisotopic (exact) mass is 426 g/mol. The van der Waals surface area contributed by atoms with Gasteiger partial charge in [-0.3, -0.25) is 19.3 Å². The molecule has 1 saturated heterocycles. The number of fused-ring (bicyclic) bond motifs is 1. The molecule has 1 N–H and O–H groups in total. The fourth-order valence-electron chi connectivity index (χ4n) is 3.43. The van der Waals surface area contributed by atoms with Gasteiger partial charge in [0.2, 0.25) is 0 Å².